The first kappa shape index (κ1) is 26.7. The van der Waals surface area contributed by atoms with Crippen LogP contribution in [-0.2, 0) is 19.3 Å². The fraction of sp³-hybridized carbons (Fsp3) is 0.286. The predicted octanol–water partition coefficient (Wildman–Crippen LogP) is 8.86. The normalized spacial score (nSPS) is 13.4. The fourth-order valence-electron chi connectivity index (χ4n) is 4.52. The van der Waals surface area contributed by atoms with Crippen molar-refractivity contribution in [3.8, 4) is 16.9 Å². The van der Waals surface area contributed by atoms with Gasteiger partial charge in [-0.05, 0) is 89.9 Å². The highest BCUT2D eigenvalue weighted by Crippen LogP contribution is 2.37. The maximum Gasteiger partial charge on any atom is 0.573 e. The van der Waals surface area contributed by atoms with Gasteiger partial charge in [-0.25, -0.2) is 22.0 Å². The third kappa shape index (κ3) is 5.97. The molecular weight excluding hydrogens is 504 g/mol. The van der Waals surface area contributed by atoms with E-state index in [9.17, 15) is 35.1 Å². The monoisotopic (exact) mass is 526 g/mol. The molecule has 3 aromatic rings. The number of alkyl halides is 3. The minimum Gasteiger partial charge on any atom is -0.399 e. The van der Waals surface area contributed by atoms with Crippen molar-refractivity contribution < 1.29 is 39.9 Å². The molecule has 4 rings (SSSR count). The summed E-state index contributed by atoms with van der Waals surface area (Å²) in [5, 5.41) is 0. The van der Waals surface area contributed by atoms with E-state index < -0.39 is 41.2 Å². The largest absolute Gasteiger partial charge is 0.573 e. The summed E-state index contributed by atoms with van der Waals surface area (Å²) >= 11 is 0. The fourth-order valence-corrected chi connectivity index (χ4v) is 4.52. The number of hydrogen-bond acceptors (Lipinski definition) is 1. The van der Waals surface area contributed by atoms with E-state index >= 15 is 0 Å². The van der Waals surface area contributed by atoms with E-state index in [4.69, 9.17) is 0 Å². The van der Waals surface area contributed by atoms with Crippen LogP contribution in [-0.4, -0.2) is 6.36 Å². The summed E-state index contributed by atoms with van der Waals surface area (Å²) in [5.41, 5.74) is 1.15. The molecule has 1 aliphatic carbocycles. The van der Waals surface area contributed by atoms with Gasteiger partial charge in [-0.2, -0.15) is 0 Å². The van der Waals surface area contributed by atoms with Crippen LogP contribution in [0.3, 0.4) is 0 Å². The van der Waals surface area contributed by atoms with Gasteiger partial charge in [0, 0.05) is 11.1 Å². The van der Waals surface area contributed by atoms with E-state index in [-0.39, 0.29) is 29.5 Å². The van der Waals surface area contributed by atoms with Gasteiger partial charge in [-0.1, -0.05) is 25.8 Å². The Morgan fingerprint density at radius 2 is 1.41 bits per heavy atom. The van der Waals surface area contributed by atoms with Crippen molar-refractivity contribution in [2.24, 2.45) is 0 Å². The van der Waals surface area contributed by atoms with Crippen LogP contribution in [0.15, 0.2) is 42.5 Å². The second-order valence-electron chi connectivity index (χ2n) is 8.92. The summed E-state index contributed by atoms with van der Waals surface area (Å²) < 4.78 is 114. The molecule has 0 aromatic heterocycles. The predicted molar refractivity (Wildman–Crippen MR) is 123 cm³/mol. The molecule has 9 heteroatoms. The highest BCUT2D eigenvalue weighted by molar-refractivity contribution is 5.74. The maximum atomic E-state index is 15.0. The Bertz CT molecular complexity index is 1310. The lowest BCUT2D eigenvalue weighted by molar-refractivity contribution is -0.276. The molecule has 0 saturated carbocycles. The Labute approximate surface area is 208 Å². The summed E-state index contributed by atoms with van der Waals surface area (Å²) in [4.78, 5) is 0. The number of allylic oxidation sites excluding steroid dienone is 2. The van der Waals surface area contributed by atoms with E-state index in [2.05, 4.69) is 4.74 Å². The molecular formula is C28H22F8O. The molecule has 1 aliphatic rings. The third-order valence-corrected chi connectivity index (χ3v) is 6.26. The van der Waals surface area contributed by atoms with Gasteiger partial charge in [0.15, 0.2) is 11.6 Å². The molecule has 0 radical (unpaired) electrons. The first-order valence-corrected chi connectivity index (χ1v) is 11.7. The Kier molecular flexibility index (Phi) is 7.62. The zero-order valence-corrected chi connectivity index (χ0v) is 19.7. The quantitative estimate of drug-likeness (QED) is 0.221. The summed E-state index contributed by atoms with van der Waals surface area (Å²) in [6, 6.07) is 6.13. The number of aryl methyl sites for hydroxylation is 1. The number of rotatable bonds is 7. The topological polar surface area (TPSA) is 9.23 Å². The van der Waals surface area contributed by atoms with Crippen LogP contribution in [0.2, 0.25) is 0 Å². The molecule has 1 nitrogen and oxygen atoms in total. The number of fused-ring (bicyclic) bond motifs is 1. The van der Waals surface area contributed by atoms with Crippen molar-refractivity contribution in [3.63, 3.8) is 0 Å². The van der Waals surface area contributed by atoms with Gasteiger partial charge in [-0.15, -0.1) is 13.2 Å². The van der Waals surface area contributed by atoms with Crippen LogP contribution in [0.1, 0.15) is 48.4 Å². The summed E-state index contributed by atoms with van der Waals surface area (Å²) in [6.07, 6.45) is -0.213. The molecule has 0 fully saturated rings. The molecule has 0 N–H and O–H groups in total. The zero-order chi connectivity index (χ0) is 26.9. The zero-order valence-electron chi connectivity index (χ0n) is 19.7. The molecule has 3 aromatic carbocycles. The van der Waals surface area contributed by atoms with Crippen molar-refractivity contribution >= 4 is 5.57 Å². The van der Waals surface area contributed by atoms with Crippen LogP contribution >= 0.6 is 0 Å². The molecule has 0 heterocycles. The second kappa shape index (κ2) is 10.6. The first-order valence-electron chi connectivity index (χ1n) is 11.7. The molecule has 37 heavy (non-hydrogen) atoms. The Balaban J connectivity index is 1.61. The van der Waals surface area contributed by atoms with E-state index in [1.54, 1.807) is 6.08 Å². The van der Waals surface area contributed by atoms with Gasteiger partial charge in [0.1, 0.15) is 17.5 Å². The van der Waals surface area contributed by atoms with E-state index in [1.807, 2.05) is 6.92 Å². The van der Waals surface area contributed by atoms with Crippen LogP contribution in [0, 0.1) is 29.1 Å². The molecule has 0 spiro atoms. The van der Waals surface area contributed by atoms with E-state index in [0.29, 0.717) is 40.8 Å². The van der Waals surface area contributed by atoms with Crippen LogP contribution < -0.4 is 4.74 Å². The van der Waals surface area contributed by atoms with Crippen LogP contribution in [0.4, 0.5) is 35.1 Å². The summed E-state index contributed by atoms with van der Waals surface area (Å²) in [5.74, 6) is -7.22. The van der Waals surface area contributed by atoms with Gasteiger partial charge in [0.2, 0.25) is 5.75 Å². The molecule has 196 valence electrons. The molecule has 0 amide bonds. The van der Waals surface area contributed by atoms with Crippen molar-refractivity contribution in [3.05, 3.63) is 93.8 Å². The Morgan fingerprint density at radius 1 is 0.757 bits per heavy atom. The molecule has 0 aliphatic heterocycles. The maximum absolute atomic E-state index is 15.0. The second-order valence-corrected chi connectivity index (χ2v) is 8.92. The SMILES string of the molecule is CCCCCc1cc(F)c(C2=CCc3cc(-c4cc(F)c(OC(F)(F)F)c(F)c4)c(F)cc3C2)c(F)c1. The van der Waals surface area contributed by atoms with Crippen molar-refractivity contribution in [2.45, 2.75) is 51.8 Å². The molecule has 0 bridgehead atoms. The third-order valence-electron chi connectivity index (χ3n) is 6.26. The van der Waals surface area contributed by atoms with Crippen molar-refractivity contribution in [1.29, 1.82) is 0 Å². The smallest absolute Gasteiger partial charge is 0.399 e. The van der Waals surface area contributed by atoms with Gasteiger partial charge in [0.05, 0.1) is 0 Å². The lowest BCUT2D eigenvalue weighted by Crippen LogP contribution is -2.19. The Hall–Kier alpha value is -3.36. The van der Waals surface area contributed by atoms with E-state index in [1.165, 1.54) is 18.2 Å². The van der Waals surface area contributed by atoms with Crippen LogP contribution in [0.25, 0.3) is 16.7 Å². The van der Waals surface area contributed by atoms with Crippen LogP contribution in [0.5, 0.6) is 5.75 Å². The number of ether oxygens (including phenoxy) is 1. The standard InChI is InChI=1S/C28H22F8O/c1-2-3-4-5-15-8-22(30)26(23(31)9-15)17-7-6-16-11-20(21(29)12-18(16)10-17)19-13-24(32)27(25(33)14-19)37-28(34,35)36/h7-9,11-14H,2-6,10H2,1H3. The average molecular weight is 526 g/mol. The van der Waals surface area contributed by atoms with Crippen molar-refractivity contribution in [1.82, 2.24) is 0 Å². The lowest BCUT2D eigenvalue weighted by atomic mass is 9.85. The lowest BCUT2D eigenvalue weighted by Gasteiger charge is -2.20. The Morgan fingerprint density at radius 3 is 2.00 bits per heavy atom. The molecule has 0 saturated heterocycles. The number of unbranched alkanes of at least 4 members (excludes halogenated alkanes) is 2. The van der Waals surface area contributed by atoms with Gasteiger partial charge >= 0.3 is 6.36 Å². The number of hydrogen-bond donors (Lipinski definition) is 0. The number of halogens is 8. The minimum absolute atomic E-state index is 0.0244. The summed E-state index contributed by atoms with van der Waals surface area (Å²) in [6.45, 7) is 2.03. The highest BCUT2D eigenvalue weighted by atomic mass is 19.4. The molecule has 0 atom stereocenters. The van der Waals surface area contributed by atoms with Crippen molar-refractivity contribution in [2.75, 3.05) is 0 Å². The summed E-state index contributed by atoms with van der Waals surface area (Å²) in [7, 11) is 0. The minimum atomic E-state index is -5.31. The van der Waals surface area contributed by atoms with E-state index in [0.717, 1.165) is 25.3 Å². The van der Waals surface area contributed by atoms with Gasteiger partial charge in [0.25, 0.3) is 0 Å². The average Bonchev–Trinajstić information content (AvgIpc) is 2.80. The van der Waals surface area contributed by atoms with Gasteiger partial charge in [-0.3, -0.25) is 0 Å². The van der Waals surface area contributed by atoms with Gasteiger partial charge < -0.3 is 4.74 Å². The number of benzene rings is 3. The molecule has 0 unspecified atom stereocenters. The first-order chi connectivity index (χ1) is 17.5. The highest BCUT2D eigenvalue weighted by Gasteiger charge is 2.34.